The molecule has 120 valence electrons. The van der Waals surface area contributed by atoms with Crippen molar-refractivity contribution in [3.05, 3.63) is 59.4 Å². The highest BCUT2D eigenvalue weighted by molar-refractivity contribution is 5.85. The number of hydrogen-bond donors (Lipinski definition) is 1. The second kappa shape index (κ2) is 9.28. The first-order chi connectivity index (χ1) is 10.3. The average Bonchev–Trinajstić information content (AvgIpc) is 2.49. The molecule has 0 aliphatic heterocycles. The van der Waals surface area contributed by atoms with E-state index in [-0.39, 0.29) is 24.8 Å². The molecule has 0 saturated carbocycles. The van der Waals surface area contributed by atoms with E-state index in [1.165, 1.54) is 6.07 Å². The summed E-state index contributed by atoms with van der Waals surface area (Å²) in [5.74, 6) is 1.08. The van der Waals surface area contributed by atoms with Crippen LogP contribution in [0.3, 0.4) is 0 Å². The molecule has 0 heterocycles. The Bertz CT molecular complexity index is 568. The van der Waals surface area contributed by atoms with Crippen molar-refractivity contribution >= 4 is 12.4 Å². The topological polar surface area (TPSA) is 30.5 Å². The van der Waals surface area contributed by atoms with Crippen molar-refractivity contribution in [3.8, 4) is 11.5 Å². The van der Waals surface area contributed by atoms with Gasteiger partial charge in [-0.05, 0) is 26.1 Å². The summed E-state index contributed by atoms with van der Waals surface area (Å²) in [6, 6.07) is 12.4. The molecule has 0 bridgehead atoms. The molecule has 22 heavy (non-hydrogen) atoms. The lowest BCUT2D eigenvalue weighted by Gasteiger charge is -2.16. The number of ether oxygens (including phenoxy) is 2. The second-order valence-corrected chi connectivity index (χ2v) is 4.59. The van der Waals surface area contributed by atoms with Gasteiger partial charge in [-0.3, -0.25) is 0 Å². The van der Waals surface area contributed by atoms with Gasteiger partial charge in [0.1, 0.15) is 12.4 Å². The largest absolute Gasteiger partial charge is 0.490 e. The minimum absolute atomic E-state index is 0. The number of hydrogen-bond acceptors (Lipinski definition) is 3. The van der Waals surface area contributed by atoms with Crippen LogP contribution in [0, 0.1) is 5.82 Å². The molecule has 0 amide bonds. The minimum atomic E-state index is -0.262. The van der Waals surface area contributed by atoms with Crippen LogP contribution in [-0.4, -0.2) is 13.7 Å². The SMILES string of the molecule is CCOc1cccc(CNC)c1OCc1ccccc1F.Cl. The Morgan fingerprint density at radius 3 is 2.41 bits per heavy atom. The van der Waals surface area contributed by atoms with Crippen molar-refractivity contribution < 1.29 is 13.9 Å². The molecule has 0 aliphatic rings. The molecule has 0 aromatic heterocycles. The zero-order chi connectivity index (χ0) is 15.1. The number of rotatable bonds is 7. The summed E-state index contributed by atoms with van der Waals surface area (Å²) in [6.07, 6.45) is 0. The minimum Gasteiger partial charge on any atom is -0.490 e. The molecule has 0 saturated heterocycles. The molecule has 0 unspecified atom stereocenters. The maximum absolute atomic E-state index is 13.7. The third-order valence-corrected chi connectivity index (χ3v) is 3.06. The van der Waals surface area contributed by atoms with Crippen LogP contribution in [-0.2, 0) is 13.2 Å². The summed E-state index contributed by atoms with van der Waals surface area (Å²) in [6.45, 7) is 3.31. The predicted molar refractivity (Wildman–Crippen MR) is 88.4 cm³/mol. The van der Waals surface area contributed by atoms with Crippen molar-refractivity contribution in [2.75, 3.05) is 13.7 Å². The number of halogens is 2. The molecule has 5 heteroatoms. The molecule has 0 fully saturated rings. The van der Waals surface area contributed by atoms with E-state index in [1.54, 1.807) is 18.2 Å². The van der Waals surface area contributed by atoms with Gasteiger partial charge in [0.2, 0.25) is 0 Å². The van der Waals surface area contributed by atoms with Crippen LogP contribution < -0.4 is 14.8 Å². The lowest BCUT2D eigenvalue weighted by atomic mass is 10.1. The Hall–Kier alpha value is -1.78. The first-order valence-electron chi connectivity index (χ1n) is 7.01. The van der Waals surface area contributed by atoms with Gasteiger partial charge < -0.3 is 14.8 Å². The molecule has 1 N–H and O–H groups in total. The van der Waals surface area contributed by atoms with E-state index in [0.717, 1.165) is 5.56 Å². The summed E-state index contributed by atoms with van der Waals surface area (Å²) in [4.78, 5) is 0. The Labute approximate surface area is 136 Å². The van der Waals surface area contributed by atoms with Crippen molar-refractivity contribution in [1.82, 2.24) is 5.32 Å². The highest BCUT2D eigenvalue weighted by atomic mass is 35.5. The van der Waals surface area contributed by atoms with Gasteiger partial charge >= 0.3 is 0 Å². The van der Waals surface area contributed by atoms with Crippen LogP contribution in [0.4, 0.5) is 4.39 Å². The van der Waals surface area contributed by atoms with Crippen molar-refractivity contribution in [1.29, 1.82) is 0 Å². The van der Waals surface area contributed by atoms with Gasteiger partial charge in [-0.15, -0.1) is 12.4 Å². The molecule has 2 aromatic carbocycles. The van der Waals surface area contributed by atoms with E-state index in [4.69, 9.17) is 9.47 Å². The number of para-hydroxylation sites is 1. The van der Waals surface area contributed by atoms with Crippen LogP contribution in [0.5, 0.6) is 11.5 Å². The fourth-order valence-corrected chi connectivity index (χ4v) is 2.09. The molecule has 2 aromatic rings. The lowest BCUT2D eigenvalue weighted by molar-refractivity contribution is 0.263. The summed E-state index contributed by atoms with van der Waals surface area (Å²) in [5.41, 5.74) is 1.51. The van der Waals surface area contributed by atoms with Gasteiger partial charge in [0, 0.05) is 17.7 Å². The molecule has 0 radical (unpaired) electrons. The van der Waals surface area contributed by atoms with E-state index in [2.05, 4.69) is 5.32 Å². The van der Waals surface area contributed by atoms with E-state index in [1.807, 2.05) is 32.2 Å². The zero-order valence-corrected chi connectivity index (χ0v) is 13.6. The quantitative estimate of drug-likeness (QED) is 0.836. The van der Waals surface area contributed by atoms with E-state index in [9.17, 15) is 4.39 Å². The number of nitrogens with one attached hydrogen (secondary N) is 1. The second-order valence-electron chi connectivity index (χ2n) is 4.59. The van der Waals surface area contributed by atoms with Gasteiger partial charge in [-0.2, -0.15) is 0 Å². The van der Waals surface area contributed by atoms with Crippen molar-refractivity contribution in [3.63, 3.8) is 0 Å². The maximum Gasteiger partial charge on any atom is 0.166 e. The summed E-state index contributed by atoms with van der Waals surface area (Å²) >= 11 is 0. The first-order valence-corrected chi connectivity index (χ1v) is 7.01. The van der Waals surface area contributed by atoms with E-state index >= 15 is 0 Å². The highest BCUT2D eigenvalue weighted by Gasteiger charge is 2.11. The summed E-state index contributed by atoms with van der Waals surface area (Å²) < 4.78 is 25.1. The first kappa shape index (κ1) is 18.3. The normalized spacial score (nSPS) is 9.95. The molecule has 0 atom stereocenters. The Morgan fingerprint density at radius 2 is 1.73 bits per heavy atom. The van der Waals surface area contributed by atoms with Crippen LogP contribution in [0.25, 0.3) is 0 Å². The Morgan fingerprint density at radius 1 is 1.00 bits per heavy atom. The van der Waals surface area contributed by atoms with Gasteiger partial charge in [0.05, 0.1) is 6.61 Å². The van der Waals surface area contributed by atoms with Gasteiger partial charge in [0.25, 0.3) is 0 Å². The molecule has 3 nitrogen and oxygen atoms in total. The van der Waals surface area contributed by atoms with Gasteiger partial charge in [-0.25, -0.2) is 4.39 Å². The fourth-order valence-electron chi connectivity index (χ4n) is 2.09. The molecular formula is C17H21ClFNO2. The summed E-state index contributed by atoms with van der Waals surface area (Å²) in [7, 11) is 1.87. The average molecular weight is 326 g/mol. The maximum atomic E-state index is 13.7. The predicted octanol–water partition coefficient (Wildman–Crippen LogP) is 3.94. The highest BCUT2D eigenvalue weighted by Crippen LogP contribution is 2.32. The van der Waals surface area contributed by atoms with E-state index < -0.39 is 0 Å². The summed E-state index contributed by atoms with van der Waals surface area (Å²) in [5, 5.41) is 3.09. The van der Waals surface area contributed by atoms with Gasteiger partial charge in [0.15, 0.2) is 11.5 Å². The van der Waals surface area contributed by atoms with Crippen LogP contribution >= 0.6 is 12.4 Å². The third kappa shape index (κ3) is 4.61. The fraction of sp³-hybridized carbons (Fsp3) is 0.294. The Kier molecular flexibility index (Phi) is 7.71. The van der Waals surface area contributed by atoms with Crippen LogP contribution in [0.2, 0.25) is 0 Å². The molecule has 2 rings (SSSR count). The van der Waals surface area contributed by atoms with Crippen LogP contribution in [0.15, 0.2) is 42.5 Å². The molecular weight excluding hydrogens is 305 g/mol. The van der Waals surface area contributed by atoms with Crippen molar-refractivity contribution in [2.45, 2.75) is 20.1 Å². The van der Waals surface area contributed by atoms with E-state index in [0.29, 0.717) is 30.2 Å². The van der Waals surface area contributed by atoms with Gasteiger partial charge in [-0.1, -0.05) is 30.3 Å². The smallest absolute Gasteiger partial charge is 0.166 e. The third-order valence-electron chi connectivity index (χ3n) is 3.06. The Balaban J connectivity index is 0.00000242. The van der Waals surface area contributed by atoms with Crippen LogP contribution in [0.1, 0.15) is 18.1 Å². The standard InChI is InChI=1S/C17H20FNO2.ClH/c1-3-20-16-10-6-8-13(11-19-2)17(16)21-12-14-7-4-5-9-15(14)18;/h4-10,19H,3,11-12H2,1-2H3;1H. The molecule has 0 aliphatic carbocycles. The number of benzene rings is 2. The molecule has 0 spiro atoms. The monoisotopic (exact) mass is 325 g/mol. The lowest BCUT2D eigenvalue weighted by Crippen LogP contribution is -2.09. The van der Waals surface area contributed by atoms with Crippen molar-refractivity contribution in [2.24, 2.45) is 0 Å². The zero-order valence-electron chi connectivity index (χ0n) is 12.8.